The molecule has 0 heterocycles. The molecule has 1 aliphatic rings. The number of hydrogen-bond donors (Lipinski definition) is 2. The molecule has 6 heteroatoms. The van der Waals surface area contributed by atoms with Gasteiger partial charge in [-0.3, -0.25) is 9.59 Å². The van der Waals surface area contributed by atoms with Gasteiger partial charge in [0.1, 0.15) is 0 Å². The molecule has 0 bridgehead atoms. The minimum Gasteiger partial charge on any atom is -0.481 e. The Morgan fingerprint density at radius 3 is 2.18 bits per heavy atom. The highest BCUT2D eigenvalue weighted by molar-refractivity contribution is 6.35. The highest BCUT2D eigenvalue weighted by atomic mass is 35.5. The average Bonchev–Trinajstić information content (AvgIpc) is 2.50. The van der Waals surface area contributed by atoms with Crippen molar-refractivity contribution in [1.29, 1.82) is 0 Å². The van der Waals surface area contributed by atoms with E-state index in [0.29, 0.717) is 48.7 Å². The number of amides is 1. The molecule has 0 aliphatic heterocycles. The molecule has 1 aromatic rings. The van der Waals surface area contributed by atoms with Crippen LogP contribution in [0.1, 0.15) is 31.2 Å². The molecule has 2 rings (SSSR count). The fourth-order valence-electron chi connectivity index (χ4n) is 2.83. The normalized spacial score (nSPS) is 21.4. The number of carbonyl (C=O) groups excluding carboxylic acids is 1. The highest BCUT2D eigenvalue weighted by Gasteiger charge is 2.29. The third-order valence-electron chi connectivity index (χ3n) is 4.18. The lowest BCUT2D eigenvalue weighted by Crippen LogP contribution is -2.35. The summed E-state index contributed by atoms with van der Waals surface area (Å²) >= 11 is 12.2. The molecule has 1 amide bonds. The molecule has 22 heavy (non-hydrogen) atoms. The molecule has 1 saturated carbocycles. The van der Waals surface area contributed by atoms with E-state index < -0.39 is 5.97 Å². The van der Waals surface area contributed by atoms with Crippen molar-refractivity contribution in [3.05, 3.63) is 33.8 Å². The molecule has 4 nitrogen and oxygen atoms in total. The van der Waals surface area contributed by atoms with Gasteiger partial charge in [-0.15, -0.1) is 0 Å². The molecule has 0 atom stereocenters. The molecular formula is C16H19Cl2NO3. The summed E-state index contributed by atoms with van der Waals surface area (Å²) in [6.07, 6.45) is 2.99. The summed E-state index contributed by atoms with van der Waals surface area (Å²) in [6, 6.07) is 5.34. The second-order valence-corrected chi connectivity index (χ2v) is 6.44. The number of nitrogens with one attached hydrogen (secondary N) is 1. The first kappa shape index (κ1) is 17.1. The van der Waals surface area contributed by atoms with Crippen molar-refractivity contribution < 1.29 is 14.7 Å². The van der Waals surface area contributed by atoms with Gasteiger partial charge in [-0.1, -0.05) is 29.3 Å². The van der Waals surface area contributed by atoms with Crippen LogP contribution in [0.2, 0.25) is 10.0 Å². The number of halogens is 2. The Hall–Kier alpha value is -1.26. The van der Waals surface area contributed by atoms with Crippen molar-refractivity contribution in [3.63, 3.8) is 0 Å². The molecule has 0 saturated heterocycles. The first-order valence-corrected chi connectivity index (χ1v) is 8.18. The Bertz CT molecular complexity index is 534. The molecule has 2 N–H and O–H groups in total. The fourth-order valence-corrected chi connectivity index (χ4v) is 3.42. The molecule has 1 fully saturated rings. The van der Waals surface area contributed by atoms with E-state index >= 15 is 0 Å². The Morgan fingerprint density at radius 2 is 1.64 bits per heavy atom. The lowest BCUT2D eigenvalue weighted by Gasteiger charge is -2.25. The third-order valence-corrected chi connectivity index (χ3v) is 4.89. The van der Waals surface area contributed by atoms with Crippen LogP contribution in [-0.2, 0) is 16.0 Å². The van der Waals surface area contributed by atoms with Crippen LogP contribution >= 0.6 is 23.2 Å². The molecule has 1 aliphatic carbocycles. The average molecular weight is 344 g/mol. The van der Waals surface area contributed by atoms with Crippen molar-refractivity contribution in [2.45, 2.75) is 32.1 Å². The van der Waals surface area contributed by atoms with E-state index in [4.69, 9.17) is 28.3 Å². The summed E-state index contributed by atoms with van der Waals surface area (Å²) in [5.41, 5.74) is 0.834. The lowest BCUT2D eigenvalue weighted by atomic mass is 9.81. The van der Waals surface area contributed by atoms with Crippen LogP contribution in [0, 0.1) is 11.8 Å². The Labute approximate surface area is 139 Å². The number of carbonyl (C=O) groups is 2. The first-order chi connectivity index (χ1) is 10.5. The third kappa shape index (κ3) is 4.37. The minimum atomic E-state index is -0.757. The van der Waals surface area contributed by atoms with E-state index in [1.165, 1.54) is 0 Å². The highest BCUT2D eigenvalue weighted by Crippen LogP contribution is 2.29. The fraction of sp³-hybridized carbons (Fsp3) is 0.500. The monoisotopic (exact) mass is 343 g/mol. The topological polar surface area (TPSA) is 66.4 Å². The van der Waals surface area contributed by atoms with Crippen molar-refractivity contribution in [1.82, 2.24) is 5.32 Å². The Balaban J connectivity index is 1.78. The molecule has 0 spiro atoms. The second-order valence-electron chi connectivity index (χ2n) is 5.63. The van der Waals surface area contributed by atoms with Gasteiger partial charge in [-0.2, -0.15) is 0 Å². The van der Waals surface area contributed by atoms with Gasteiger partial charge in [0, 0.05) is 22.5 Å². The maximum atomic E-state index is 12.1. The van der Waals surface area contributed by atoms with Gasteiger partial charge in [0.25, 0.3) is 0 Å². The largest absolute Gasteiger partial charge is 0.481 e. The zero-order chi connectivity index (χ0) is 16.1. The number of rotatable bonds is 5. The SMILES string of the molecule is O=C(O)C1CCC(C(=O)NCCc2c(Cl)cccc2Cl)CC1. The molecule has 0 aromatic heterocycles. The minimum absolute atomic E-state index is 0.00739. The van der Waals surface area contributed by atoms with Gasteiger partial charge < -0.3 is 10.4 Å². The quantitative estimate of drug-likeness (QED) is 0.859. The van der Waals surface area contributed by atoms with Gasteiger partial charge in [-0.25, -0.2) is 0 Å². The van der Waals surface area contributed by atoms with Crippen molar-refractivity contribution in [3.8, 4) is 0 Å². The number of aliphatic carboxylic acids is 1. The van der Waals surface area contributed by atoms with Crippen LogP contribution in [-0.4, -0.2) is 23.5 Å². The predicted molar refractivity (Wildman–Crippen MR) is 86.3 cm³/mol. The molecule has 0 unspecified atom stereocenters. The predicted octanol–water partition coefficient (Wildman–Crippen LogP) is 3.54. The summed E-state index contributed by atoms with van der Waals surface area (Å²) in [6.45, 7) is 0.473. The smallest absolute Gasteiger partial charge is 0.306 e. The van der Waals surface area contributed by atoms with E-state index in [2.05, 4.69) is 5.32 Å². The zero-order valence-electron chi connectivity index (χ0n) is 12.1. The molecular weight excluding hydrogens is 325 g/mol. The molecule has 120 valence electrons. The van der Waals surface area contributed by atoms with E-state index in [9.17, 15) is 9.59 Å². The van der Waals surface area contributed by atoms with E-state index in [1.807, 2.05) is 0 Å². The van der Waals surface area contributed by atoms with Crippen LogP contribution in [0.4, 0.5) is 0 Å². The number of carboxylic acid groups (broad SMARTS) is 1. The van der Waals surface area contributed by atoms with E-state index in [1.54, 1.807) is 18.2 Å². The van der Waals surface area contributed by atoms with Crippen LogP contribution in [0.15, 0.2) is 18.2 Å². The summed E-state index contributed by atoms with van der Waals surface area (Å²) in [7, 11) is 0. The lowest BCUT2D eigenvalue weighted by molar-refractivity contribution is -0.144. The molecule has 1 aromatic carbocycles. The van der Waals surface area contributed by atoms with Crippen LogP contribution in [0.3, 0.4) is 0 Å². The van der Waals surface area contributed by atoms with E-state index in [0.717, 1.165) is 5.56 Å². The first-order valence-electron chi connectivity index (χ1n) is 7.42. The van der Waals surface area contributed by atoms with Gasteiger partial charge >= 0.3 is 5.97 Å². The van der Waals surface area contributed by atoms with Crippen molar-refractivity contribution in [2.24, 2.45) is 11.8 Å². The van der Waals surface area contributed by atoms with Crippen LogP contribution in [0.5, 0.6) is 0 Å². The summed E-state index contributed by atoms with van der Waals surface area (Å²) in [5.74, 6) is -1.15. The Morgan fingerprint density at radius 1 is 1.09 bits per heavy atom. The van der Waals surface area contributed by atoms with Gasteiger partial charge in [0.15, 0.2) is 0 Å². The van der Waals surface area contributed by atoms with Crippen molar-refractivity contribution in [2.75, 3.05) is 6.54 Å². The maximum Gasteiger partial charge on any atom is 0.306 e. The van der Waals surface area contributed by atoms with Gasteiger partial charge in [0.2, 0.25) is 5.91 Å². The van der Waals surface area contributed by atoms with Gasteiger partial charge in [-0.05, 0) is 49.8 Å². The number of hydrogen-bond acceptors (Lipinski definition) is 2. The number of benzene rings is 1. The maximum absolute atomic E-state index is 12.1. The standard InChI is InChI=1S/C16H19Cl2NO3/c17-13-2-1-3-14(18)12(13)8-9-19-15(20)10-4-6-11(7-5-10)16(21)22/h1-3,10-11H,4-9H2,(H,19,20)(H,21,22). The summed E-state index contributed by atoms with van der Waals surface area (Å²) in [4.78, 5) is 23.0. The van der Waals surface area contributed by atoms with E-state index in [-0.39, 0.29) is 17.7 Å². The van der Waals surface area contributed by atoms with Crippen LogP contribution < -0.4 is 5.32 Å². The van der Waals surface area contributed by atoms with Crippen LogP contribution in [0.25, 0.3) is 0 Å². The summed E-state index contributed by atoms with van der Waals surface area (Å²) in [5, 5.41) is 13.1. The van der Waals surface area contributed by atoms with Gasteiger partial charge in [0.05, 0.1) is 5.92 Å². The number of carboxylic acids is 1. The zero-order valence-corrected chi connectivity index (χ0v) is 13.7. The molecule has 0 radical (unpaired) electrons. The summed E-state index contributed by atoms with van der Waals surface area (Å²) < 4.78 is 0. The Kier molecular flexibility index (Phi) is 6.09. The second kappa shape index (κ2) is 7.84. The van der Waals surface area contributed by atoms with Crippen molar-refractivity contribution >= 4 is 35.1 Å².